The fourth-order valence-corrected chi connectivity index (χ4v) is 0.100. The molecule has 1 rings (SSSR count). The second-order valence-corrected chi connectivity index (χ2v) is 0.479. The van der Waals surface area contributed by atoms with Gasteiger partial charge in [0, 0.05) is 17.1 Å². The molecule has 0 aliphatic carbocycles. The Labute approximate surface area is 44.0 Å². The molecule has 0 bridgehead atoms. The maximum atomic E-state index is 3.12. The van der Waals surface area contributed by atoms with Gasteiger partial charge in [-0.3, -0.25) is 0 Å². The molecule has 0 atom stereocenters. The molecule has 1 heterocycles. The van der Waals surface area contributed by atoms with Gasteiger partial charge in [-0.25, -0.2) is 0 Å². The van der Waals surface area contributed by atoms with E-state index >= 15 is 0 Å². The topological polar surface area (TPSA) is 67.3 Å². The Bertz CT molecular complexity index is 60.4. The number of hydrogen-bond acceptors (Lipinski definition) is 4. The van der Waals surface area contributed by atoms with Gasteiger partial charge in [-0.2, -0.15) is 5.21 Å². The third-order valence-corrected chi connectivity index (χ3v) is 0.219. The third-order valence-electron chi connectivity index (χ3n) is 0.219. The zero-order valence-electron chi connectivity index (χ0n) is 2.59. The molecule has 6 heavy (non-hydrogen) atoms. The summed E-state index contributed by atoms with van der Waals surface area (Å²) >= 11 is 0. The van der Waals surface area contributed by atoms with Crippen molar-refractivity contribution in [1.29, 1.82) is 0 Å². The fourth-order valence-electron chi connectivity index (χ4n) is 0.100. The van der Waals surface area contributed by atoms with Gasteiger partial charge in [0.05, 0.1) is 0 Å². The monoisotopic (exact) mass is 134 g/mol. The van der Waals surface area contributed by atoms with Crippen molar-refractivity contribution in [3.05, 3.63) is 0 Å². The number of H-pyrrole nitrogens is 1. The first-order valence-electron chi connectivity index (χ1n) is 1.05. The van der Waals surface area contributed by atoms with Crippen LogP contribution in [-0.4, -0.2) is 26.1 Å². The quantitative estimate of drug-likeness (QED) is 0.443. The van der Waals surface area contributed by atoms with Crippen LogP contribution < -0.4 is 0 Å². The zero-order valence-corrected chi connectivity index (χ0v) is 3.53. The second-order valence-electron chi connectivity index (χ2n) is 0.479. The maximum Gasteiger partial charge on any atom is 0 e. The van der Waals surface area contributed by atoms with Gasteiger partial charge in [0.25, 0.3) is 0 Å². The fraction of sp³-hybridized carbons (Fsp3) is 0. The van der Waals surface area contributed by atoms with E-state index in [4.69, 9.17) is 0 Å². The van der Waals surface area contributed by atoms with E-state index in [0.29, 0.717) is 0 Å². The molecule has 0 amide bonds. The molecule has 1 N–H and O–H groups in total. The maximum absolute atomic E-state index is 3.12. The predicted molar refractivity (Wildman–Crippen MR) is 12.0 cm³/mol. The standard InChI is InChI=1S/Cu.HN5/c;1-2-4-5-3-1/h;(H,1,2,3,4,5). The van der Waals surface area contributed by atoms with Crippen LogP contribution in [0.3, 0.4) is 0 Å². The van der Waals surface area contributed by atoms with E-state index in [-0.39, 0.29) is 17.1 Å². The number of nitrogens with one attached hydrogen (secondary N) is 1. The van der Waals surface area contributed by atoms with Crippen molar-refractivity contribution >= 4 is 0 Å². The number of hydrogen-bond donors (Lipinski definition) is 1. The van der Waals surface area contributed by atoms with Crippen LogP contribution in [0, 0.1) is 0 Å². The molecular formula is HCuN5. The molecule has 0 spiro atoms. The SMILES string of the molecule is [Cu].n1nn[nH]n1. The van der Waals surface area contributed by atoms with Crippen molar-refractivity contribution in [2.45, 2.75) is 0 Å². The van der Waals surface area contributed by atoms with Crippen molar-refractivity contribution in [3.8, 4) is 0 Å². The van der Waals surface area contributed by atoms with Crippen LogP contribution >= 0.6 is 0 Å². The van der Waals surface area contributed by atoms with Gasteiger partial charge in [-0.05, 0) is 20.9 Å². The summed E-state index contributed by atoms with van der Waals surface area (Å²) in [4.78, 5) is 0. The summed E-state index contributed by atoms with van der Waals surface area (Å²) in [6, 6.07) is 0. The molecule has 0 saturated heterocycles. The minimum absolute atomic E-state index is 0. The Morgan fingerprint density at radius 3 is 1.67 bits per heavy atom. The average molecular weight is 135 g/mol. The molecule has 0 aliphatic heterocycles. The van der Waals surface area contributed by atoms with Crippen LogP contribution in [0.5, 0.6) is 0 Å². The first-order valence-corrected chi connectivity index (χ1v) is 1.05. The first kappa shape index (κ1) is 5.52. The number of rotatable bonds is 0. The molecule has 37 valence electrons. The Balaban J connectivity index is 0.000000250. The molecule has 1 radical (unpaired) electrons. The predicted octanol–water partition coefficient (Wildman–Crippen LogP) is -1.41. The van der Waals surface area contributed by atoms with Crippen LogP contribution in [0.4, 0.5) is 0 Å². The number of aromatic nitrogens is 5. The smallest absolute Gasteiger partial charge is 0 e. The number of aromatic amines is 1. The minimum atomic E-state index is 0. The zero-order chi connectivity index (χ0) is 3.54. The third kappa shape index (κ3) is 1.09. The van der Waals surface area contributed by atoms with E-state index in [1.807, 2.05) is 0 Å². The van der Waals surface area contributed by atoms with E-state index in [1.54, 1.807) is 0 Å². The first-order chi connectivity index (χ1) is 2.50. The Kier molecular flexibility index (Phi) is 2.52. The molecule has 1 aromatic heterocycles. The van der Waals surface area contributed by atoms with Crippen molar-refractivity contribution in [3.63, 3.8) is 0 Å². The van der Waals surface area contributed by atoms with Gasteiger partial charge in [-0.15, -0.1) is 0 Å². The summed E-state index contributed by atoms with van der Waals surface area (Å²) in [7, 11) is 0. The number of nitrogens with zero attached hydrogens (tertiary/aromatic N) is 4. The molecule has 0 unspecified atom stereocenters. The summed E-state index contributed by atoms with van der Waals surface area (Å²) in [5.74, 6) is 0. The van der Waals surface area contributed by atoms with Crippen molar-refractivity contribution in [1.82, 2.24) is 26.1 Å². The summed E-state index contributed by atoms with van der Waals surface area (Å²) in [6.07, 6.45) is 0. The van der Waals surface area contributed by atoms with E-state index in [0.717, 1.165) is 0 Å². The average Bonchev–Trinajstić information content (AvgIpc) is 1.76. The van der Waals surface area contributed by atoms with Gasteiger partial charge in [0.2, 0.25) is 0 Å². The molecule has 0 aromatic carbocycles. The molecule has 6 heteroatoms. The molecule has 5 nitrogen and oxygen atoms in total. The van der Waals surface area contributed by atoms with E-state index in [9.17, 15) is 0 Å². The molecule has 0 saturated carbocycles. The van der Waals surface area contributed by atoms with Crippen LogP contribution in [-0.2, 0) is 17.1 Å². The van der Waals surface area contributed by atoms with Crippen molar-refractivity contribution < 1.29 is 17.1 Å². The van der Waals surface area contributed by atoms with Gasteiger partial charge >= 0.3 is 0 Å². The second kappa shape index (κ2) is 2.74. The Morgan fingerprint density at radius 2 is 1.50 bits per heavy atom. The Hall–Kier alpha value is -0.481. The van der Waals surface area contributed by atoms with Crippen LogP contribution in [0.25, 0.3) is 0 Å². The normalized spacial score (nSPS) is 6.67. The summed E-state index contributed by atoms with van der Waals surface area (Å²) in [5.41, 5.74) is 0. The largest absolute Gasteiger partial charge is 0.157 e. The van der Waals surface area contributed by atoms with Gasteiger partial charge in [-0.1, -0.05) is 0 Å². The minimum Gasteiger partial charge on any atom is -0.157 e. The summed E-state index contributed by atoms with van der Waals surface area (Å²) < 4.78 is 0. The van der Waals surface area contributed by atoms with Crippen molar-refractivity contribution in [2.24, 2.45) is 0 Å². The van der Waals surface area contributed by atoms with Crippen LogP contribution in [0.1, 0.15) is 0 Å². The Morgan fingerprint density at radius 1 is 1.00 bits per heavy atom. The van der Waals surface area contributed by atoms with Gasteiger partial charge in [0.15, 0.2) is 0 Å². The van der Waals surface area contributed by atoms with Crippen molar-refractivity contribution in [2.75, 3.05) is 0 Å². The van der Waals surface area contributed by atoms with Gasteiger partial charge < -0.3 is 0 Å². The van der Waals surface area contributed by atoms with Crippen LogP contribution in [0.15, 0.2) is 0 Å². The molecule has 1 aromatic rings. The molecule has 0 fully saturated rings. The summed E-state index contributed by atoms with van der Waals surface area (Å²) in [5, 5.41) is 14.5. The van der Waals surface area contributed by atoms with E-state index in [1.165, 1.54) is 0 Å². The van der Waals surface area contributed by atoms with Gasteiger partial charge in [0.1, 0.15) is 0 Å². The molecular weight excluding hydrogens is 134 g/mol. The van der Waals surface area contributed by atoms with E-state index < -0.39 is 0 Å². The molecule has 0 aliphatic rings. The van der Waals surface area contributed by atoms with Crippen LogP contribution in [0.2, 0.25) is 0 Å². The summed E-state index contributed by atoms with van der Waals surface area (Å²) in [6.45, 7) is 0. The van der Waals surface area contributed by atoms with E-state index in [2.05, 4.69) is 26.1 Å².